The molecule has 0 spiro atoms. The second kappa shape index (κ2) is 5.07. The summed E-state index contributed by atoms with van der Waals surface area (Å²) in [5, 5.41) is 0. The minimum atomic E-state index is -0.866. The summed E-state index contributed by atoms with van der Waals surface area (Å²) in [5.74, 6) is 0. The van der Waals surface area contributed by atoms with E-state index >= 15 is 0 Å². The molecule has 0 aromatic heterocycles. The van der Waals surface area contributed by atoms with Crippen molar-refractivity contribution < 1.29 is 0 Å². The monoisotopic (exact) mass is 292 g/mol. The second-order valence-electron chi connectivity index (χ2n) is 2.09. The van der Waals surface area contributed by atoms with Gasteiger partial charge in [-0.25, -0.2) is 0 Å². The van der Waals surface area contributed by atoms with Crippen molar-refractivity contribution in [3.05, 3.63) is 0 Å². The molecule has 0 aliphatic carbocycles. The predicted molar refractivity (Wildman–Crippen MR) is 37.2 cm³/mol. The van der Waals surface area contributed by atoms with Gasteiger partial charge in [0.15, 0.2) is 0 Å². The molecule has 0 rings (SSSR count). The van der Waals surface area contributed by atoms with Gasteiger partial charge in [-0.1, -0.05) is 0 Å². The molecule has 0 heterocycles. The van der Waals surface area contributed by atoms with E-state index in [4.69, 9.17) is 0 Å². The van der Waals surface area contributed by atoms with Crippen molar-refractivity contribution in [1.82, 2.24) is 0 Å². The minimum absolute atomic E-state index is 0.866. The molecule has 0 aliphatic rings. The molecule has 7 heavy (non-hydrogen) atoms. The number of hydrogen-bond acceptors (Lipinski definition) is 0. The first-order valence-electron chi connectivity index (χ1n) is 3.35. The Balaban J connectivity index is 2.99. The molecular weight excluding hydrogens is 276 g/mol. The van der Waals surface area contributed by atoms with Crippen LogP contribution in [0.2, 0.25) is 11.9 Å². The van der Waals surface area contributed by atoms with Crippen LogP contribution < -0.4 is 0 Å². The first-order chi connectivity index (χ1) is 3.35. The fourth-order valence-electron chi connectivity index (χ4n) is 0.866. The quantitative estimate of drug-likeness (QED) is 0.701. The van der Waals surface area contributed by atoms with E-state index in [2.05, 4.69) is 20.8 Å². The van der Waals surface area contributed by atoms with Crippen molar-refractivity contribution in [3.8, 4) is 0 Å². The average Bonchev–Trinajstić information content (AvgIpc) is 1.72. The molecule has 0 atom stereocenters. The van der Waals surface area contributed by atoms with Gasteiger partial charge >= 0.3 is 55.4 Å². The molecule has 0 aliphatic heterocycles. The van der Waals surface area contributed by atoms with E-state index in [9.17, 15) is 0 Å². The van der Waals surface area contributed by atoms with Crippen LogP contribution in [0, 0.1) is 0 Å². The van der Waals surface area contributed by atoms with Crippen molar-refractivity contribution in [2.75, 3.05) is 0 Å². The van der Waals surface area contributed by atoms with Gasteiger partial charge in [-0.05, 0) is 0 Å². The van der Waals surface area contributed by atoms with E-state index in [0.717, 1.165) is 0 Å². The van der Waals surface area contributed by atoms with Crippen LogP contribution in [0.15, 0.2) is 0 Å². The Morgan fingerprint density at radius 1 is 0.857 bits per heavy atom. The summed E-state index contributed by atoms with van der Waals surface area (Å²) in [7, 11) is 0. The normalized spacial score (nSPS) is 9.00. The Hall–Kier alpha value is 0.922. The Labute approximate surface area is 55.4 Å². The third-order valence-electron chi connectivity index (χ3n) is 1.73. The van der Waals surface area contributed by atoms with Gasteiger partial charge < -0.3 is 0 Å². The molecule has 0 aromatic rings. The molecule has 0 nitrogen and oxygen atoms in total. The number of hydrogen-bond donors (Lipinski definition) is 0. The van der Waals surface area contributed by atoms with Crippen molar-refractivity contribution in [2.24, 2.45) is 0 Å². The predicted octanol–water partition coefficient (Wildman–Crippen LogP) is 2.54. The van der Waals surface area contributed by atoms with Crippen LogP contribution in [0.25, 0.3) is 0 Å². The summed E-state index contributed by atoms with van der Waals surface area (Å²) >= 11 is -0.866. The summed E-state index contributed by atoms with van der Waals surface area (Å²) in [4.78, 5) is 0. The summed E-state index contributed by atoms with van der Waals surface area (Å²) < 4.78 is 4.73. The molecule has 0 fully saturated rings. The van der Waals surface area contributed by atoms with Crippen molar-refractivity contribution in [3.63, 3.8) is 0 Å². The zero-order valence-electron chi connectivity index (χ0n) is 5.70. The molecule has 0 bridgehead atoms. The molecule has 42 valence electrons. The molecule has 0 radical (unpaired) electrons. The van der Waals surface area contributed by atoms with Gasteiger partial charge in [-0.3, -0.25) is 0 Å². The Morgan fingerprint density at radius 2 is 1.14 bits per heavy atom. The van der Waals surface area contributed by atoms with Crippen LogP contribution in [-0.4, -0.2) is 22.7 Å². The van der Waals surface area contributed by atoms with Crippen molar-refractivity contribution in [1.29, 1.82) is 0 Å². The topological polar surface area (TPSA) is 0 Å². The van der Waals surface area contributed by atoms with E-state index in [-0.39, 0.29) is 0 Å². The van der Waals surface area contributed by atoms with Crippen molar-refractivity contribution in [2.45, 2.75) is 32.7 Å². The van der Waals surface area contributed by atoms with Gasteiger partial charge in [-0.2, -0.15) is 0 Å². The zero-order valence-corrected chi connectivity index (χ0v) is 10.2. The third-order valence-corrected chi connectivity index (χ3v) is 15.2. The van der Waals surface area contributed by atoms with E-state index in [1.807, 2.05) is 0 Å². The molecule has 1 heteroatoms. The molecule has 0 saturated heterocycles. The summed E-state index contributed by atoms with van der Waals surface area (Å²) in [6.45, 7) is 7.08. The van der Waals surface area contributed by atoms with Crippen LogP contribution in [0.5, 0.6) is 0 Å². The van der Waals surface area contributed by atoms with E-state index in [0.29, 0.717) is 0 Å². The van der Waals surface area contributed by atoms with E-state index in [1.54, 1.807) is 11.9 Å². The van der Waals surface area contributed by atoms with Gasteiger partial charge in [0.05, 0.1) is 0 Å². The third kappa shape index (κ3) is 3.50. The maximum atomic E-state index is 2.36. The zero-order chi connectivity index (χ0) is 5.70. The van der Waals surface area contributed by atoms with Crippen molar-refractivity contribution >= 4 is 22.7 Å². The molecule has 0 unspecified atom stereocenters. The molecular formula is C6H15Tl. The fourth-order valence-corrected chi connectivity index (χ4v) is 7.60. The Kier molecular flexibility index (Phi) is 5.73. The van der Waals surface area contributed by atoms with Crippen LogP contribution >= 0.6 is 0 Å². The van der Waals surface area contributed by atoms with Gasteiger partial charge in [-0.15, -0.1) is 0 Å². The fraction of sp³-hybridized carbons (Fsp3) is 1.00. The van der Waals surface area contributed by atoms with Crippen LogP contribution in [0.1, 0.15) is 20.8 Å². The average molecular weight is 292 g/mol. The first-order valence-corrected chi connectivity index (χ1v) is 12.9. The van der Waals surface area contributed by atoms with Gasteiger partial charge in [0, 0.05) is 0 Å². The Bertz CT molecular complexity index is 25.7. The van der Waals surface area contributed by atoms with Gasteiger partial charge in [0.2, 0.25) is 0 Å². The Morgan fingerprint density at radius 3 is 1.14 bits per heavy atom. The van der Waals surface area contributed by atoms with Gasteiger partial charge in [0.25, 0.3) is 0 Å². The van der Waals surface area contributed by atoms with E-state index in [1.165, 1.54) is 0 Å². The molecule has 0 N–H and O–H groups in total. The molecule has 0 aromatic carbocycles. The summed E-state index contributed by atoms with van der Waals surface area (Å²) in [5.41, 5.74) is 0. The number of rotatable bonds is 3. The summed E-state index contributed by atoms with van der Waals surface area (Å²) in [6.07, 6.45) is 0. The standard InChI is InChI=1S/3C2H5.Tl/c3*1-2;/h3*1H2,2H3;. The maximum absolute atomic E-state index is 2.36. The van der Waals surface area contributed by atoms with Gasteiger partial charge in [0.1, 0.15) is 0 Å². The second-order valence-corrected chi connectivity index (χ2v) is 18.3. The summed E-state index contributed by atoms with van der Waals surface area (Å²) in [6, 6.07) is 0. The van der Waals surface area contributed by atoms with Crippen LogP contribution in [0.4, 0.5) is 0 Å². The van der Waals surface area contributed by atoms with Crippen LogP contribution in [-0.2, 0) is 0 Å². The SMILES string of the molecule is C[CH2][Tl]([CH2]C)[CH2]C. The first kappa shape index (κ1) is 7.92. The molecule has 0 amide bonds. The van der Waals surface area contributed by atoms with E-state index < -0.39 is 22.7 Å². The van der Waals surface area contributed by atoms with Crippen LogP contribution in [0.3, 0.4) is 0 Å². The molecule has 0 saturated carbocycles.